The van der Waals surface area contributed by atoms with Crippen molar-refractivity contribution >= 4 is 17.5 Å². The molecule has 0 saturated carbocycles. The smallest absolute Gasteiger partial charge is 0.259 e. The van der Waals surface area contributed by atoms with Gasteiger partial charge in [-0.3, -0.25) is 9.59 Å². The summed E-state index contributed by atoms with van der Waals surface area (Å²) < 4.78 is 10.4. The van der Waals surface area contributed by atoms with Crippen molar-refractivity contribution in [2.75, 3.05) is 12.4 Å². The summed E-state index contributed by atoms with van der Waals surface area (Å²) in [7, 11) is 1.62. The van der Waals surface area contributed by atoms with Crippen LogP contribution in [0.25, 0.3) is 0 Å². The number of furan rings is 1. The third-order valence-corrected chi connectivity index (χ3v) is 3.29. The number of methoxy groups -OCH3 is 1. The van der Waals surface area contributed by atoms with Gasteiger partial charge in [-0.2, -0.15) is 0 Å². The van der Waals surface area contributed by atoms with Gasteiger partial charge in [0.15, 0.2) is 0 Å². The van der Waals surface area contributed by atoms with Gasteiger partial charge in [0, 0.05) is 12.8 Å². The van der Waals surface area contributed by atoms with E-state index in [1.54, 1.807) is 13.2 Å². The summed E-state index contributed by atoms with van der Waals surface area (Å²) in [5.74, 6) is -0.654. The average Bonchev–Trinajstić information content (AvgIpc) is 2.94. The quantitative estimate of drug-likeness (QED) is 0.855. The van der Waals surface area contributed by atoms with Gasteiger partial charge in [0.25, 0.3) is 5.91 Å². The zero-order valence-corrected chi connectivity index (χ0v) is 12.5. The molecule has 2 aromatic rings. The van der Waals surface area contributed by atoms with Crippen LogP contribution in [-0.2, 0) is 16.0 Å². The van der Waals surface area contributed by atoms with Crippen molar-refractivity contribution in [3.05, 3.63) is 53.5 Å². The number of hydrogen-bond donors (Lipinski definition) is 2. The number of amides is 2. The molecule has 6 nitrogen and oxygen atoms in total. The summed E-state index contributed by atoms with van der Waals surface area (Å²) in [6.07, 6.45) is 1.17. The van der Waals surface area contributed by atoms with Gasteiger partial charge in [-0.1, -0.05) is 12.1 Å². The molecule has 0 spiro atoms. The Bertz CT molecular complexity index is 678. The highest BCUT2D eigenvalue weighted by Gasteiger charge is 2.16. The molecular weight excluding hydrogens is 284 g/mol. The highest BCUT2D eigenvalue weighted by Crippen LogP contribution is 2.21. The maximum atomic E-state index is 12.3. The van der Waals surface area contributed by atoms with Crippen molar-refractivity contribution in [1.29, 1.82) is 0 Å². The Balaban J connectivity index is 2.15. The van der Waals surface area contributed by atoms with Crippen molar-refractivity contribution in [2.45, 2.75) is 19.4 Å². The number of nitrogens with two attached hydrogens (primary N) is 1. The third kappa shape index (κ3) is 3.73. The molecule has 0 aliphatic carbocycles. The van der Waals surface area contributed by atoms with E-state index < -0.39 is 5.91 Å². The standard InChI is InChI=1S/C16H18N2O4/c1-10(21-2)11-4-3-5-12(8-11)18-16(20)13-6-7-22-14(13)9-15(17)19/h3-8,10H,9H2,1-2H3,(H2,17,19)(H,18,20). The van der Waals surface area contributed by atoms with Crippen LogP contribution in [0.5, 0.6) is 0 Å². The van der Waals surface area contributed by atoms with E-state index in [4.69, 9.17) is 14.9 Å². The zero-order valence-electron chi connectivity index (χ0n) is 12.5. The highest BCUT2D eigenvalue weighted by atomic mass is 16.5. The number of rotatable bonds is 6. The number of carbonyl (C=O) groups is 2. The van der Waals surface area contributed by atoms with Gasteiger partial charge in [-0.25, -0.2) is 0 Å². The van der Waals surface area contributed by atoms with Crippen LogP contribution in [0.3, 0.4) is 0 Å². The number of primary amides is 1. The summed E-state index contributed by atoms with van der Waals surface area (Å²) in [5.41, 5.74) is 7.01. The van der Waals surface area contributed by atoms with Gasteiger partial charge >= 0.3 is 0 Å². The molecule has 0 saturated heterocycles. The second-order valence-electron chi connectivity index (χ2n) is 4.86. The molecule has 0 aliphatic rings. The van der Waals surface area contributed by atoms with Gasteiger partial charge < -0.3 is 20.2 Å². The van der Waals surface area contributed by atoms with E-state index in [1.165, 1.54) is 12.3 Å². The molecule has 3 N–H and O–H groups in total. The minimum atomic E-state index is -0.556. The SMILES string of the molecule is COC(C)c1cccc(NC(=O)c2ccoc2CC(N)=O)c1. The summed E-state index contributed by atoms with van der Waals surface area (Å²) in [4.78, 5) is 23.2. The predicted octanol–water partition coefficient (Wildman–Crippen LogP) is 2.27. The Morgan fingerprint density at radius 2 is 2.14 bits per heavy atom. The predicted molar refractivity (Wildman–Crippen MR) is 81.4 cm³/mol. The summed E-state index contributed by atoms with van der Waals surface area (Å²) in [5, 5.41) is 2.77. The summed E-state index contributed by atoms with van der Waals surface area (Å²) in [6, 6.07) is 8.87. The molecule has 116 valence electrons. The van der Waals surface area contributed by atoms with Gasteiger partial charge in [0.2, 0.25) is 5.91 Å². The van der Waals surface area contributed by atoms with Crippen molar-refractivity contribution in [2.24, 2.45) is 5.73 Å². The first-order valence-corrected chi connectivity index (χ1v) is 6.80. The van der Waals surface area contributed by atoms with Gasteiger partial charge in [-0.15, -0.1) is 0 Å². The maximum absolute atomic E-state index is 12.3. The molecule has 0 aliphatic heterocycles. The van der Waals surface area contributed by atoms with Crippen LogP contribution in [0.15, 0.2) is 41.0 Å². The van der Waals surface area contributed by atoms with Crippen LogP contribution in [0.1, 0.15) is 34.7 Å². The molecule has 1 atom stereocenters. The molecule has 0 fully saturated rings. The number of carbonyl (C=O) groups excluding carboxylic acids is 2. The Kier molecular flexibility index (Phi) is 4.95. The minimum Gasteiger partial charge on any atom is -0.468 e. The van der Waals surface area contributed by atoms with Crippen molar-refractivity contribution in [3.8, 4) is 0 Å². The highest BCUT2D eigenvalue weighted by molar-refractivity contribution is 6.05. The van der Waals surface area contributed by atoms with Gasteiger partial charge in [-0.05, 0) is 30.7 Å². The first-order valence-electron chi connectivity index (χ1n) is 6.80. The van der Waals surface area contributed by atoms with Crippen LogP contribution >= 0.6 is 0 Å². The number of anilines is 1. The molecule has 1 aromatic carbocycles. The van der Waals surface area contributed by atoms with E-state index >= 15 is 0 Å². The normalized spacial score (nSPS) is 11.9. The van der Waals surface area contributed by atoms with Gasteiger partial charge in [0.05, 0.1) is 24.4 Å². The molecule has 22 heavy (non-hydrogen) atoms. The molecule has 0 bridgehead atoms. The van der Waals surface area contributed by atoms with E-state index in [-0.39, 0.29) is 24.2 Å². The molecule has 0 radical (unpaired) electrons. The summed E-state index contributed by atoms with van der Waals surface area (Å²) >= 11 is 0. The zero-order chi connectivity index (χ0) is 16.1. The Labute approximate surface area is 128 Å². The fourth-order valence-electron chi connectivity index (χ4n) is 2.04. The first kappa shape index (κ1) is 15.8. The lowest BCUT2D eigenvalue weighted by molar-refractivity contribution is -0.117. The monoisotopic (exact) mass is 302 g/mol. The van der Waals surface area contributed by atoms with Crippen molar-refractivity contribution in [1.82, 2.24) is 0 Å². The molecule has 6 heteroatoms. The second-order valence-corrected chi connectivity index (χ2v) is 4.86. The second kappa shape index (κ2) is 6.91. The molecule has 1 heterocycles. The van der Waals surface area contributed by atoms with Crippen LogP contribution in [-0.4, -0.2) is 18.9 Å². The molecule has 2 rings (SSSR count). The number of hydrogen-bond acceptors (Lipinski definition) is 4. The lowest BCUT2D eigenvalue weighted by Gasteiger charge is -2.12. The van der Waals surface area contributed by atoms with Crippen LogP contribution < -0.4 is 11.1 Å². The summed E-state index contributed by atoms with van der Waals surface area (Å²) in [6.45, 7) is 1.92. The maximum Gasteiger partial charge on any atom is 0.259 e. The Hall–Kier alpha value is -2.60. The van der Waals surface area contributed by atoms with E-state index in [9.17, 15) is 9.59 Å². The molecule has 1 unspecified atom stereocenters. The topological polar surface area (TPSA) is 94.6 Å². The number of ether oxygens (including phenoxy) is 1. The van der Waals surface area contributed by atoms with Crippen LogP contribution in [0.4, 0.5) is 5.69 Å². The Morgan fingerprint density at radius 1 is 1.36 bits per heavy atom. The minimum absolute atomic E-state index is 0.0730. The first-order chi connectivity index (χ1) is 10.5. The largest absolute Gasteiger partial charge is 0.468 e. The van der Waals surface area contributed by atoms with Crippen LogP contribution in [0.2, 0.25) is 0 Å². The molecular formula is C16H18N2O4. The average molecular weight is 302 g/mol. The third-order valence-electron chi connectivity index (χ3n) is 3.29. The fourth-order valence-corrected chi connectivity index (χ4v) is 2.04. The molecule has 2 amide bonds. The van der Waals surface area contributed by atoms with E-state index in [1.807, 2.05) is 25.1 Å². The van der Waals surface area contributed by atoms with Crippen molar-refractivity contribution in [3.63, 3.8) is 0 Å². The van der Waals surface area contributed by atoms with E-state index in [0.717, 1.165) is 5.56 Å². The fraction of sp³-hybridized carbons (Fsp3) is 0.250. The number of nitrogens with one attached hydrogen (secondary N) is 1. The number of benzene rings is 1. The van der Waals surface area contributed by atoms with E-state index in [2.05, 4.69) is 5.32 Å². The lowest BCUT2D eigenvalue weighted by atomic mass is 10.1. The van der Waals surface area contributed by atoms with Gasteiger partial charge in [0.1, 0.15) is 5.76 Å². The van der Waals surface area contributed by atoms with E-state index in [0.29, 0.717) is 11.3 Å². The van der Waals surface area contributed by atoms with Crippen molar-refractivity contribution < 1.29 is 18.7 Å². The Morgan fingerprint density at radius 3 is 2.82 bits per heavy atom. The molecule has 1 aromatic heterocycles. The van der Waals surface area contributed by atoms with Crippen LogP contribution in [0, 0.1) is 0 Å². The lowest BCUT2D eigenvalue weighted by Crippen LogP contribution is -2.18.